The summed E-state index contributed by atoms with van der Waals surface area (Å²) in [7, 11) is 0. The third-order valence-corrected chi connectivity index (χ3v) is 4.93. The van der Waals surface area contributed by atoms with Crippen molar-refractivity contribution in [2.45, 2.75) is 38.6 Å². The molecule has 0 aromatic heterocycles. The van der Waals surface area contributed by atoms with Crippen molar-refractivity contribution < 1.29 is 14.7 Å². The smallest absolute Gasteiger partial charge is 0.310 e. The van der Waals surface area contributed by atoms with Crippen LogP contribution in [0.4, 0.5) is 0 Å². The zero-order chi connectivity index (χ0) is 16.4. The lowest BCUT2D eigenvalue weighted by molar-refractivity contribution is -0.157. The van der Waals surface area contributed by atoms with Gasteiger partial charge in [0.1, 0.15) is 0 Å². The number of carbonyl (C=O) groups is 2. The Hall–Kier alpha value is -2.36. The molecule has 1 amide bonds. The van der Waals surface area contributed by atoms with Crippen molar-refractivity contribution in [3.8, 4) is 0 Å². The highest BCUT2D eigenvalue weighted by molar-refractivity contribution is 5.88. The number of amides is 1. The van der Waals surface area contributed by atoms with Crippen LogP contribution in [-0.2, 0) is 9.59 Å². The first-order valence-electron chi connectivity index (χ1n) is 8.02. The number of benzene rings is 2. The molecule has 1 fully saturated rings. The molecule has 4 heteroatoms. The van der Waals surface area contributed by atoms with Crippen LogP contribution in [0.3, 0.4) is 0 Å². The van der Waals surface area contributed by atoms with Gasteiger partial charge >= 0.3 is 5.97 Å². The van der Waals surface area contributed by atoms with Crippen molar-refractivity contribution >= 4 is 22.6 Å². The number of aliphatic carboxylic acids is 1. The van der Waals surface area contributed by atoms with E-state index in [0.717, 1.165) is 22.8 Å². The van der Waals surface area contributed by atoms with Gasteiger partial charge in [-0.15, -0.1) is 0 Å². The zero-order valence-electron chi connectivity index (χ0n) is 13.2. The van der Waals surface area contributed by atoms with Gasteiger partial charge in [0.2, 0.25) is 5.91 Å². The Morgan fingerprint density at radius 3 is 2.52 bits per heavy atom. The van der Waals surface area contributed by atoms with Crippen LogP contribution < -0.4 is 5.32 Å². The molecule has 2 aromatic rings. The van der Waals surface area contributed by atoms with E-state index in [4.69, 9.17) is 0 Å². The summed E-state index contributed by atoms with van der Waals surface area (Å²) >= 11 is 0. The molecule has 4 nitrogen and oxygen atoms in total. The Morgan fingerprint density at radius 1 is 1.17 bits per heavy atom. The fourth-order valence-corrected chi connectivity index (χ4v) is 3.38. The number of hydrogen-bond acceptors (Lipinski definition) is 2. The third kappa shape index (κ3) is 2.93. The van der Waals surface area contributed by atoms with E-state index in [-0.39, 0.29) is 18.4 Å². The number of carboxylic acids is 1. The standard InChI is InChI=1S/C19H21NO3/c1-13(15-9-4-7-14-6-2-3-8-16(14)15)20-17(21)12-19(18(22)23)10-5-11-19/h2-4,6-9,13H,5,10-12H2,1H3,(H,20,21)(H,22,23). The lowest BCUT2D eigenvalue weighted by Crippen LogP contribution is -2.43. The molecule has 23 heavy (non-hydrogen) atoms. The number of rotatable bonds is 5. The van der Waals surface area contributed by atoms with Gasteiger partial charge in [0, 0.05) is 6.42 Å². The normalized spacial score (nSPS) is 17.3. The molecule has 3 rings (SSSR count). The van der Waals surface area contributed by atoms with Crippen molar-refractivity contribution in [1.82, 2.24) is 5.32 Å². The Bertz CT molecular complexity index is 744. The Labute approximate surface area is 135 Å². The largest absolute Gasteiger partial charge is 0.481 e. The SMILES string of the molecule is CC(NC(=O)CC1(C(=O)O)CCC1)c1cccc2ccccc12. The molecule has 0 saturated heterocycles. The first kappa shape index (κ1) is 15.5. The quantitative estimate of drug-likeness (QED) is 0.885. The lowest BCUT2D eigenvalue weighted by Gasteiger charge is -2.37. The minimum Gasteiger partial charge on any atom is -0.481 e. The minimum absolute atomic E-state index is 0.0669. The number of nitrogens with one attached hydrogen (secondary N) is 1. The van der Waals surface area contributed by atoms with Gasteiger partial charge in [0.05, 0.1) is 11.5 Å². The van der Waals surface area contributed by atoms with Gasteiger partial charge in [0.15, 0.2) is 0 Å². The second-order valence-electron chi connectivity index (χ2n) is 6.47. The monoisotopic (exact) mass is 311 g/mol. The molecule has 0 heterocycles. The molecular weight excluding hydrogens is 290 g/mol. The minimum atomic E-state index is -0.850. The van der Waals surface area contributed by atoms with Crippen LogP contribution in [-0.4, -0.2) is 17.0 Å². The van der Waals surface area contributed by atoms with Crippen molar-refractivity contribution in [2.24, 2.45) is 5.41 Å². The van der Waals surface area contributed by atoms with E-state index in [1.807, 2.05) is 49.4 Å². The van der Waals surface area contributed by atoms with E-state index >= 15 is 0 Å². The average Bonchev–Trinajstić information content (AvgIpc) is 2.49. The molecule has 1 saturated carbocycles. The van der Waals surface area contributed by atoms with E-state index < -0.39 is 11.4 Å². The first-order chi connectivity index (χ1) is 11.0. The highest BCUT2D eigenvalue weighted by Crippen LogP contribution is 2.44. The maximum Gasteiger partial charge on any atom is 0.310 e. The molecule has 2 aromatic carbocycles. The molecule has 120 valence electrons. The molecule has 1 atom stereocenters. The number of carbonyl (C=O) groups excluding carboxylic acids is 1. The van der Waals surface area contributed by atoms with Crippen LogP contribution in [0, 0.1) is 5.41 Å². The van der Waals surface area contributed by atoms with E-state index in [9.17, 15) is 14.7 Å². The maximum absolute atomic E-state index is 12.3. The molecule has 0 radical (unpaired) electrons. The number of fused-ring (bicyclic) bond motifs is 1. The first-order valence-corrected chi connectivity index (χ1v) is 8.02. The van der Waals surface area contributed by atoms with Gasteiger partial charge < -0.3 is 10.4 Å². The predicted molar refractivity (Wildman–Crippen MR) is 89.0 cm³/mol. The summed E-state index contributed by atoms with van der Waals surface area (Å²) in [6.07, 6.45) is 2.15. The van der Waals surface area contributed by atoms with E-state index in [0.29, 0.717) is 12.8 Å². The van der Waals surface area contributed by atoms with Crippen LogP contribution in [0.1, 0.15) is 44.2 Å². The van der Waals surface area contributed by atoms with Gasteiger partial charge in [-0.25, -0.2) is 0 Å². The molecule has 0 aliphatic heterocycles. The predicted octanol–water partition coefficient (Wildman–Crippen LogP) is 3.66. The van der Waals surface area contributed by atoms with Crippen LogP contribution in [0.15, 0.2) is 42.5 Å². The zero-order valence-corrected chi connectivity index (χ0v) is 13.2. The fraction of sp³-hybridized carbons (Fsp3) is 0.368. The van der Waals surface area contributed by atoms with Gasteiger partial charge in [-0.1, -0.05) is 48.9 Å². The molecule has 1 aliphatic carbocycles. The highest BCUT2D eigenvalue weighted by Gasteiger charge is 2.46. The number of hydrogen-bond donors (Lipinski definition) is 2. The molecule has 0 bridgehead atoms. The molecule has 2 N–H and O–H groups in total. The van der Waals surface area contributed by atoms with Gasteiger partial charge in [-0.3, -0.25) is 9.59 Å². The molecule has 0 spiro atoms. The highest BCUT2D eigenvalue weighted by atomic mass is 16.4. The van der Waals surface area contributed by atoms with Crippen molar-refractivity contribution in [3.63, 3.8) is 0 Å². The Balaban J connectivity index is 1.74. The molecule has 1 unspecified atom stereocenters. The Kier molecular flexibility index (Phi) is 4.07. The second kappa shape index (κ2) is 6.03. The van der Waals surface area contributed by atoms with E-state index in [1.54, 1.807) is 0 Å². The van der Waals surface area contributed by atoms with Crippen LogP contribution in [0.5, 0.6) is 0 Å². The fourth-order valence-electron chi connectivity index (χ4n) is 3.38. The summed E-state index contributed by atoms with van der Waals surface area (Å²) in [6.45, 7) is 1.94. The van der Waals surface area contributed by atoms with Gasteiger partial charge in [0.25, 0.3) is 0 Å². The van der Waals surface area contributed by atoms with E-state index in [2.05, 4.69) is 5.32 Å². The Morgan fingerprint density at radius 2 is 1.87 bits per heavy atom. The topological polar surface area (TPSA) is 66.4 Å². The van der Waals surface area contributed by atoms with Gasteiger partial charge in [-0.05, 0) is 36.1 Å². The van der Waals surface area contributed by atoms with E-state index in [1.165, 1.54) is 0 Å². The number of carboxylic acid groups (broad SMARTS) is 1. The second-order valence-corrected chi connectivity index (χ2v) is 6.47. The van der Waals surface area contributed by atoms with Crippen molar-refractivity contribution in [1.29, 1.82) is 0 Å². The average molecular weight is 311 g/mol. The summed E-state index contributed by atoms with van der Waals surface area (Å²) in [6, 6.07) is 13.9. The summed E-state index contributed by atoms with van der Waals surface area (Å²) in [5.41, 5.74) is 0.206. The van der Waals surface area contributed by atoms with Gasteiger partial charge in [-0.2, -0.15) is 0 Å². The van der Waals surface area contributed by atoms with Crippen LogP contribution >= 0.6 is 0 Å². The summed E-state index contributed by atoms with van der Waals surface area (Å²) in [5, 5.41) is 14.6. The van der Waals surface area contributed by atoms with Crippen LogP contribution in [0.2, 0.25) is 0 Å². The molecule has 1 aliphatic rings. The third-order valence-electron chi connectivity index (χ3n) is 4.93. The van der Waals surface area contributed by atoms with Crippen LogP contribution in [0.25, 0.3) is 10.8 Å². The molecular formula is C19H21NO3. The van der Waals surface area contributed by atoms with Crippen molar-refractivity contribution in [3.05, 3.63) is 48.0 Å². The summed E-state index contributed by atoms with van der Waals surface area (Å²) < 4.78 is 0. The summed E-state index contributed by atoms with van der Waals surface area (Å²) in [5.74, 6) is -1.04. The summed E-state index contributed by atoms with van der Waals surface area (Å²) in [4.78, 5) is 23.7. The maximum atomic E-state index is 12.3. The van der Waals surface area contributed by atoms with Crippen molar-refractivity contribution in [2.75, 3.05) is 0 Å². The lowest BCUT2D eigenvalue weighted by atomic mass is 9.66.